The van der Waals surface area contributed by atoms with Crippen LogP contribution in [0.1, 0.15) is 25.3 Å². The number of benzene rings is 2. The SMILES string of the molecule is CCCCn1cc(/C=C(\C#N)S(=O)(=O)c2ccccc2)c2ccccc21. The number of hydrogen-bond acceptors (Lipinski definition) is 3. The standard InChI is InChI=1S/C21H20N2O2S/c1-2-3-13-23-16-17(20-11-7-8-12-21(20)23)14-19(15-22)26(24,25)18-9-5-4-6-10-18/h4-12,14,16H,2-3,13H2,1H3/b19-14+. The number of rotatable bonds is 6. The van der Waals surface area contributed by atoms with E-state index in [-0.39, 0.29) is 9.80 Å². The van der Waals surface area contributed by atoms with Crippen molar-refractivity contribution in [1.29, 1.82) is 5.26 Å². The van der Waals surface area contributed by atoms with Gasteiger partial charge in [-0.25, -0.2) is 8.42 Å². The molecule has 0 saturated carbocycles. The predicted molar refractivity (Wildman–Crippen MR) is 104 cm³/mol. The van der Waals surface area contributed by atoms with Gasteiger partial charge in [-0.2, -0.15) is 5.26 Å². The maximum atomic E-state index is 12.8. The zero-order valence-electron chi connectivity index (χ0n) is 14.6. The van der Waals surface area contributed by atoms with Gasteiger partial charge in [0, 0.05) is 29.2 Å². The third kappa shape index (κ3) is 3.42. The van der Waals surface area contributed by atoms with Gasteiger partial charge in [0.05, 0.1) is 4.90 Å². The highest BCUT2D eigenvalue weighted by Crippen LogP contribution is 2.27. The molecule has 2 aromatic carbocycles. The summed E-state index contributed by atoms with van der Waals surface area (Å²) < 4.78 is 27.7. The third-order valence-corrected chi connectivity index (χ3v) is 5.99. The maximum Gasteiger partial charge on any atom is 0.216 e. The van der Waals surface area contributed by atoms with Gasteiger partial charge in [-0.05, 0) is 30.7 Å². The van der Waals surface area contributed by atoms with Gasteiger partial charge in [-0.1, -0.05) is 49.7 Å². The van der Waals surface area contributed by atoms with Crippen molar-refractivity contribution in [3.05, 3.63) is 71.3 Å². The fourth-order valence-corrected chi connectivity index (χ4v) is 4.11. The molecule has 0 spiro atoms. The minimum atomic E-state index is -3.83. The van der Waals surface area contributed by atoms with Crippen LogP contribution in [0.15, 0.2) is 70.6 Å². The maximum absolute atomic E-state index is 12.8. The van der Waals surface area contributed by atoms with E-state index in [1.165, 1.54) is 18.2 Å². The van der Waals surface area contributed by atoms with E-state index in [9.17, 15) is 13.7 Å². The van der Waals surface area contributed by atoms with Gasteiger partial charge in [-0.3, -0.25) is 0 Å². The number of sulfone groups is 1. The van der Waals surface area contributed by atoms with Crippen molar-refractivity contribution in [2.75, 3.05) is 0 Å². The summed E-state index contributed by atoms with van der Waals surface area (Å²) in [6.07, 6.45) is 5.52. The van der Waals surface area contributed by atoms with Gasteiger partial charge in [0.25, 0.3) is 0 Å². The number of para-hydroxylation sites is 1. The van der Waals surface area contributed by atoms with Gasteiger partial charge < -0.3 is 4.57 Å². The summed E-state index contributed by atoms with van der Waals surface area (Å²) in [5.41, 5.74) is 1.79. The highest BCUT2D eigenvalue weighted by Gasteiger charge is 2.21. The van der Waals surface area contributed by atoms with Crippen LogP contribution in [0.4, 0.5) is 0 Å². The summed E-state index contributed by atoms with van der Waals surface area (Å²) in [4.78, 5) is -0.121. The highest BCUT2D eigenvalue weighted by molar-refractivity contribution is 7.95. The molecular formula is C21H20N2O2S. The molecule has 0 aliphatic heterocycles. The fraction of sp³-hybridized carbons (Fsp3) is 0.190. The topological polar surface area (TPSA) is 62.9 Å². The number of aryl methyl sites for hydroxylation is 1. The molecule has 0 fully saturated rings. The van der Waals surface area contributed by atoms with E-state index in [4.69, 9.17) is 0 Å². The molecule has 26 heavy (non-hydrogen) atoms. The molecule has 0 aliphatic carbocycles. The molecule has 1 heterocycles. The first-order valence-corrected chi connectivity index (χ1v) is 10.1. The molecule has 0 bridgehead atoms. The zero-order chi connectivity index (χ0) is 18.6. The van der Waals surface area contributed by atoms with Crippen molar-refractivity contribution in [1.82, 2.24) is 4.57 Å². The molecule has 3 aromatic rings. The first-order valence-electron chi connectivity index (χ1n) is 8.57. The summed E-state index contributed by atoms with van der Waals surface area (Å²) in [5, 5.41) is 10.4. The monoisotopic (exact) mass is 364 g/mol. The normalized spacial score (nSPS) is 12.2. The number of unbranched alkanes of at least 4 members (excludes halogenated alkanes) is 1. The van der Waals surface area contributed by atoms with Crippen LogP contribution in [0.3, 0.4) is 0 Å². The Morgan fingerprint density at radius 1 is 1.12 bits per heavy atom. The lowest BCUT2D eigenvalue weighted by molar-refractivity contribution is 0.603. The molecule has 5 heteroatoms. The summed E-state index contributed by atoms with van der Waals surface area (Å²) in [6, 6.07) is 17.8. The summed E-state index contributed by atoms with van der Waals surface area (Å²) >= 11 is 0. The van der Waals surface area contributed by atoms with E-state index in [1.54, 1.807) is 18.2 Å². The van der Waals surface area contributed by atoms with E-state index in [0.29, 0.717) is 0 Å². The number of aromatic nitrogens is 1. The highest BCUT2D eigenvalue weighted by atomic mass is 32.2. The Bertz CT molecular complexity index is 1090. The van der Waals surface area contributed by atoms with Crippen LogP contribution >= 0.6 is 0 Å². The van der Waals surface area contributed by atoms with Gasteiger partial charge in [-0.15, -0.1) is 0 Å². The second kappa shape index (κ2) is 7.59. The van der Waals surface area contributed by atoms with Crippen LogP contribution in [-0.4, -0.2) is 13.0 Å². The van der Waals surface area contributed by atoms with Crippen molar-refractivity contribution in [3.8, 4) is 6.07 Å². The van der Waals surface area contributed by atoms with Crippen molar-refractivity contribution in [2.45, 2.75) is 31.2 Å². The summed E-state index contributed by atoms with van der Waals surface area (Å²) in [6.45, 7) is 2.99. The number of hydrogen-bond donors (Lipinski definition) is 0. The van der Waals surface area contributed by atoms with Crippen LogP contribution in [0.25, 0.3) is 17.0 Å². The molecule has 132 valence electrons. The van der Waals surface area contributed by atoms with Crippen LogP contribution in [0.5, 0.6) is 0 Å². The van der Waals surface area contributed by atoms with Gasteiger partial charge >= 0.3 is 0 Å². The fourth-order valence-electron chi connectivity index (χ4n) is 2.94. The molecule has 0 unspecified atom stereocenters. The minimum absolute atomic E-state index is 0.127. The van der Waals surface area contributed by atoms with E-state index in [0.717, 1.165) is 35.9 Å². The smallest absolute Gasteiger partial charge is 0.216 e. The summed E-state index contributed by atoms with van der Waals surface area (Å²) in [5.74, 6) is 0. The van der Waals surface area contributed by atoms with Gasteiger partial charge in [0.15, 0.2) is 0 Å². The van der Waals surface area contributed by atoms with Crippen molar-refractivity contribution in [3.63, 3.8) is 0 Å². The molecule has 4 nitrogen and oxygen atoms in total. The Morgan fingerprint density at radius 3 is 2.50 bits per heavy atom. The summed E-state index contributed by atoms with van der Waals surface area (Å²) in [7, 11) is -3.83. The molecule has 1 aromatic heterocycles. The average molecular weight is 364 g/mol. The number of fused-ring (bicyclic) bond motifs is 1. The molecule has 0 saturated heterocycles. The minimum Gasteiger partial charge on any atom is -0.347 e. The molecule has 0 radical (unpaired) electrons. The van der Waals surface area contributed by atoms with Crippen molar-refractivity contribution >= 4 is 26.8 Å². The second-order valence-corrected chi connectivity index (χ2v) is 8.00. The Hall–Kier alpha value is -2.84. The largest absolute Gasteiger partial charge is 0.347 e. The molecule has 3 rings (SSSR count). The van der Waals surface area contributed by atoms with E-state index >= 15 is 0 Å². The van der Waals surface area contributed by atoms with Crippen LogP contribution < -0.4 is 0 Å². The lowest BCUT2D eigenvalue weighted by Gasteiger charge is -2.02. The Balaban J connectivity index is 2.12. The zero-order valence-corrected chi connectivity index (χ0v) is 15.4. The molecule has 0 amide bonds. The second-order valence-electron chi connectivity index (χ2n) is 6.09. The number of nitrogens with zero attached hydrogens (tertiary/aromatic N) is 2. The van der Waals surface area contributed by atoms with Crippen LogP contribution in [0, 0.1) is 11.3 Å². The van der Waals surface area contributed by atoms with Crippen LogP contribution in [-0.2, 0) is 16.4 Å². The lowest BCUT2D eigenvalue weighted by Crippen LogP contribution is -2.03. The Morgan fingerprint density at radius 2 is 1.81 bits per heavy atom. The lowest BCUT2D eigenvalue weighted by atomic mass is 10.1. The van der Waals surface area contributed by atoms with Crippen molar-refractivity contribution in [2.24, 2.45) is 0 Å². The van der Waals surface area contributed by atoms with Crippen LogP contribution in [0.2, 0.25) is 0 Å². The first kappa shape index (κ1) is 18.0. The number of allylic oxidation sites excluding steroid dienone is 1. The first-order chi connectivity index (χ1) is 12.6. The van der Waals surface area contributed by atoms with Gasteiger partial charge in [0.1, 0.15) is 11.0 Å². The number of nitriles is 1. The van der Waals surface area contributed by atoms with E-state index in [1.807, 2.05) is 36.5 Å². The third-order valence-electron chi connectivity index (χ3n) is 4.31. The predicted octanol–water partition coefficient (Wildman–Crippen LogP) is 4.78. The van der Waals surface area contributed by atoms with E-state index in [2.05, 4.69) is 11.5 Å². The van der Waals surface area contributed by atoms with Gasteiger partial charge in [0.2, 0.25) is 9.84 Å². The molecular weight excluding hydrogens is 344 g/mol. The average Bonchev–Trinajstić information content (AvgIpc) is 3.02. The molecule has 0 aliphatic rings. The van der Waals surface area contributed by atoms with E-state index < -0.39 is 9.84 Å². The Labute approximate surface area is 153 Å². The van der Waals surface area contributed by atoms with Crippen molar-refractivity contribution < 1.29 is 8.42 Å². The molecule has 0 N–H and O–H groups in total. The Kier molecular flexibility index (Phi) is 5.24. The quantitative estimate of drug-likeness (QED) is 0.591. The molecule has 0 atom stereocenters.